The number of carbonyl (C=O) groups excluding carboxylic acids is 2. The number of anilines is 1. The Kier molecular flexibility index (Phi) is 6.88. The Morgan fingerprint density at radius 2 is 1.96 bits per heavy atom. The average Bonchev–Trinajstić information content (AvgIpc) is 2.54. The summed E-state index contributed by atoms with van der Waals surface area (Å²) in [6.07, 6.45) is -0.397. The summed E-state index contributed by atoms with van der Waals surface area (Å²) < 4.78 is 35.1. The van der Waals surface area contributed by atoms with Gasteiger partial charge in [0.05, 0.1) is 17.7 Å². The Labute approximate surface area is 155 Å². The number of carbonyl (C=O) groups is 2. The number of amides is 1. The summed E-state index contributed by atoms with van der Waals surface area (Å²) in [5.41, 5.74) is 3.31. The molecule has 0 aliphatic rings. The number of hydrogen-bond donors (Lipinski definition) is 1. The van der Waals surface area contributed by atoms with Gasteiger partial charge in [-0.1, -0.05) is 0 Å². The highest BCUT2D eigenvalue weighted by Gasteiger charge is 2.38. The lowest BCUT2D eigenvalue weighted by Crippen LogP contribution is -2.43. The number of non-ortho nitro benzene ring substituents is 1. The van der Waals surface area contributed by atoms with Crippen molar-refractivity contribution in [1.82, 2.24) is 0 Å². The Balaban J connectivity index is 3.38. The lowest BCUT2D eigenvalue weighted by atomic mass is 10.2. The largest absolute Gasteiger partial charge is 0.452 e. The number of nitro groups is 1. The topological polar surface area (TPSA) is 159 Å². The van der Waals surface area contributed by atoms with E-state index >= 15 is 0 Å². The molecule has 0 aromatic heterocycles. The van der Waals surface area contributed by atoms with E-state index in [1.165, 1.54) is 13.8 Å². The fourth-order valence-electron chi connectivity index (χ4n) is 2.00. The number of methoxy groups -OCH3 is 1. The number of benzene rings is 1. The number of allylic oxidation sites excluding steroid dienone is 1. The third-order valence-corrected chi connectivity index (χ3v) is 5.04. The van der Waals surface area contributed by atoms with Crippen LogP contribution < -0.4 is 10.0 Å². The Morgan fingerprint density at radius 1 is 1.37 bits per heavy atom. The minimum absolute atomic E-state index is 0.0978. The van der Waals surface area contributed by atoms with Crippen LogP contribution in [0.3, 0.4) is 0 Å². The number of rotatable bonds is 6. The maximum atomic E-state index is 12.8. The lowest BCUT2D eigenvalue weighted by molar-refractivity contribution is -0.384. The number of sulfonamides is 1. The van der Waals surface area contributed by atoms with E-state index in [2.05, 4.69) is 4.74 Å². The molecule has 1 unspecified atom stereocenters. The molecule has 1 aromatic carbocycles. The second-order valence-corrected chi connectivity index (χ2v) is 7.46. The summed E-state index contributed by atoms with van der Waals surface area (Å²) in [7, 11) is -3.62. The second kappa shape index (κ2) is 8.49. The zero-order valence-electron chi connectivity index (χ0n) is 15.0. The van der Waals surface area contributed by atoms with Gasteiger partial charge in [-0.25, -0.2) is 18.0 Å². The number of esters is 1. The second-order valence-electron chi connectivity index (χ2n) is 5.40. The van der Waals surface area contributed by atoms with Crippen LogP contribution in [0.15, 0.2) is 30.0 Å². The van der Waals surface area contributed by atoms with Crippen molar-refractivity contribution in [2.24, 2.45) is 5.73 Å². The molecule has 11 nitrogen and oxygen atoms in total. The van der Waals surface area contributed by atoms with Crippen LogP contribution in [-0.2, 0) is 24.3 Å². The summed E-state index contributed by atoms with van der Waals surface area (Å²) in [4.78, 5) is 33.9. The standard InChI is InChI=1S/C15H19N3O8S/c1-9-7-12(18(21)22)5-6-13(9)17(15(20)25-4)27(23,24)11(3)26-14(19)8-10(2)16/h5-8,11H,16H2,1-4H3/b10-8+. The van der Waals surface area contributed by atoms with Crippen LogP contribution in [0.2, 0.25) is 0 Å². The quantitative estimate of drug-likeness (QED) is 0.323. The smallest absolute Gasteiger partial charge is 0.428 e. The molecule has 2 N–H and O–H groups in total. The molecular weight excluding hydrogens is 382 g/mol. The molecule has 27 heavy (non-hydrogen) atoms. The van der Waals surface area contributed by atoms with Crippen LogP contribution in [0.4, 0.5) is 16.2 Å². The van der Waals surface area contributed by atoms with Crippen LogP contribution >= 0.6 is 0 Å². The van der Waals surface area contributed by atoms with E-state index in [1.54, 1.807) is 0 Å². The molecule has 0 aliphatic carbocycles. The van der Waals surface area contributed by atoms with Gasteiger partial charge in [-0.2, -0.15) is 4.31 Å². The molecule has 0 saturated heterocycles. The van der Waals surface area contributed by atoms with E-state index in [-0.39, 0.29) is 26.9 Å². The normalized spacial score (nSPS) is 12.8. The van der Waals surface area contributed by atoms with E-state index in [9.17, 15) is 28.1 Å². The third-order valence-electron chi connectivity index (χ3n) is 3.25. The summed E-state index contributed by atoms with van der Waals surface area (Å²) in [5, 5.41) is 10.8. The molecule has 0 spiro atoms. The lowest BCUT2D eigenvalue weighted by Gasteiger charge is -2.25. The molecular formula is C15H19N3O8S. The van der Waals surface area contributed by atoms with Crippen LogP contribution in [0.1, 0.15) is 19.4 Å². The first kappa shape index (κ1) is 21.9. The van der Waals surface area contributed by atoms with Crippen LogP contribution in [0.5, 0.6) is 0 Å². The highest BCUT2D eigenvalue weighted by Crippen LogP contribution is 2.29. The van der Waals surface area contributed by atoms with Crippen LogP contribution in [0.25, 0.3) is 0 Å². The van der Waals surface area contributed by atoms with Gasteiger partial charge in [-0.3, -0.25) is 10.1 Å². The van der Waals surface area contributed by atoms with Crippen LogP contribution in [0, 0.1) is 17.0 Å². The van der Waals surface area contributed by atoms with Gasteiger partial charge in [0.1, 0.15) is 0 Å². The van der Waals surface area contributed by atoms with E-state index in [4.69, 9.17) is 10.5 Å². The van der Waals surface area contributed by atoms with Crippen molar-refractivity contribution in [3.05, 3.63) is 45.6 Å². The molecule has 1 rings (SSSR count). The highest BCUT2D eigenvalue weighted by atomic mass is 32.2. The van der Waals surface area contributed by atoms with Crippen molar-refractivity contribution in [3.63, 3.8) is 0 Å². The van der Waals surface area contributed by atoms with E-state index in [0.717, 1.165) is 38.3 Å². The van der Waals surface area contributed by atoms with Gasteiger partial charge in [0.2, 0.25) is 5.44 Å². The predicted octanol–water partition coefficient (Wildman–Crippen LogP) is 1.56. The number of aryl methyl sites for hydroxylation is 1. The van der Waals surface area contributed by atoms with Gasteiger partial charge in [0, 0.05) is 23.9 Å². The van der Waals surface area contributed by atoms with Gasteiger partial charge < -0.3 is 15.2 Å². The zero-order valence-corrected chi connectivity index (χ0v) is 15.8. The summed E-state index contributed by atoms with van der Waals surface area (Å²) in [6, 6.07) is 3.21. The number of nitrogens with two attached hydrogens (primary N) is 1. The Morgan fingerprint density at radius 3 is 2.41 bits per heavy atom. The molecule has 1 atom stereocenters. The molecule has 0 bridgehead atoms. The predicted molar refractivity (Wildman–Crippen MR) is 95.1 cm³/mol. The Hall–Kier alpha value is -3.15. The van der Waals surface area contributed by atoms with Crippen LogP contribution in [-0.4, -0.2) is 37.9 Å². The first-order chi connectivity index (χ1) is 12.4. The fourth-order valence-corrected chi connectivity index (χ4v) is 3.27. The number of nitro benzene ring substituents is 1. The van der Waals surface area contributed by atoms with E-state index < -0.39 is 32.4 Å². The first-order valence-electron chi connectivity index (χ1n) is 7.43. The molecule has 0 saturated carbocycles. The molecule has 0 aliphatic heterocycles. The zero-order chi connectivity index (χ0) is 20.9. The van der Waals surface area contributed by atoms with Gasteiger partial charge in [-0.15, -0.1) is 0 Å². The summed E-state index contributed by atoms with van der Waals surface area (Å²) >= 11 is 0. The minimum atomic E-state index is -4.58. The maximum absolute atomic E-state index is 12.8. The summed E-state index contributed by atoms with van der Waals surface area (Å²) in [6.45, 7) is 3.83. The van der Waals surface area contributed by atoms with Crippen molar-refractivity contribution in [3.8, 4) is 0 Å². The molecule has 0 radical (unpaired) electrons. The van der Waals surface area contributed by atoms with Gasteiger partial charge in [0.15, 0.2) is 0 Å². The van der Waals surface area contributed by atoms with Crippen molar-refractivity contribution < 1.29 is 32.4 Å². The Bertz CT molecular complexity index is 890. The number of ether oxygens (including phenoxy) is 2. The van der Waals surface area contributed by atoms with Gasteiger partial charge >= 0.3 is 12.1 Å². The van der Waals surface area contributed by atoms with Gasteiger partial charge in [-0.05, 0) is 32.4 Å². The van der Waals surface area contributed by atoms with E-state index in [0.29, 0.717) is 0 Å². The maximum Gasteiger partial charge on any atom is 0.428 e. The van der Waals surface area contributed by atoms with Crippen molar-refractivity contribution >= 4 is 33.5 Å². The van der Waals surface area contributed by atoms with Crippen molar-refractivity contribution in [2.75, 3.05) is 11.4 Å². The van der Waals surface area contributed by atoms with Crippen molar-refractivity contribution in [1.29, 1.82) is 0 Å². The SMILES string of the molecule is COC(=O)N(c1ccc([N+](=O)[O-])cc1C)S(=O)(=O)C(C)OC(=O)/C=C(\C)N. The van der Waals surface area contributed by atoms with E-state index in [1.807, 2.05) is 0 Å². The van der Waals surface area contributed by atoms with Crippen molar-refractivity contribution in [2.45, 2.75) is 26.2 Å². The summed E-state index contributed by atoms with van der Waals surface area (Å²) in [5.74, 6) is -1.02. The molecule has 1 amide bonds. The molecule has 1 aromatic rings. The third kappa shape index (κ3) is 5.17. The van der Waals surface area contributed by atoms with Gasteiger partial charge in [0.25, 0.3) is 15.7 Å². The highest BCUT2D eigenvalue weighted by molar-refractivity contribution is 7.94. The molecule has 0 fully saturated rings. The molecule has 148 valence electrons. The molecule has 12 heteroatoms. The monoisotopic (exact) mass is 401 g/mol. The minimum Gasteiger partial charge on any atom is -0.452 e. The fraction of sp³-hybridized carbons (Fsp3) is 0.333. The number of nitrogens with zero attached hydrogens (tertiary/aromatic N) is 2. The average molecular weight is 401 g/mol. The first-order valence-corrected chi connectivity index (χ1v) is 8.93. The number of hydrogen-bond acceptors (Lipinski definition) is 9. The molecule has 0 heterocycles.